The predicted molar refractivity (Wildman–Crippen MR) is 250 cm³/mol. The molecule has 0 saturated heterocycles. The minimum atomic E-state index is -0.0570. The number of hydrogen-bond acceptors (Lipinski definition) is 8. The Bertz CT molecular complexity index is 2390. The van der Waals surface area contributed by atoms with Crippen LogP contribution >= 0.6 is 24.4 Å². The Morgan fingerprint density at radius 1 is 0.500 bits per heavy atom. The van der Waals surface area contributed by atoms with Crippen molar-refractivity contribution in [2.24, 2.45) is 0 Å². The second kappa shape index (κ2) is 18.8. The third kappa shape index (κ3) is 11.9. The third-order valence-electron chi connectivity index (χ3n) is 8.75. The van der Waals surface area contributed by atoms with Crippen LogP contribution in [0.15, 0.2) is 122 Å². The van der Waals surface area contributed by atoms with Crippen LogP contribution in [0.5, 0.6) is 23.3 Å². The van der Waals surface area contributed by atoms with Gasteiger partial charge in [-0.15, -0.1) is 0 Å². The van der Waals surface area contributed by atoms with Crippen LogP contribution in [0.2, 0.25) is 0 Å². The monoisotopic (exact) mass is 812 g/mol. The van der Waals surface area contributed by atoms with Gasteiger partial charge in [0.1, 0.15) is 22.9 Å². The van der Waals surface area contributed by atoms with Crippen LogP contribution in [0, 0.1) is 13.8 Å². The Kier molecular flexibility index (Phi) is 13.9. The molecule has 0 radical (unpaired) electrons. The van der Waals surface area contributed by atoms with Crippen molar-refractivity contribution in [2.45, 2.75) is 66.2 Å². The van der Waals surface area contributed by atoms with Gasteiger partial charge in [-0.3, -0.25) is 0 Å². The number of ether oxygens (including phenoxy) is 2. The zero-order valence-electron chi connectivity index (χ0n) is 34.2. The van der Waals surface area contributed by atoms with Gasteiger partial charge in [-0.2, -0.15) is 0 Å². The van der Waals surface area contributed by atoms with Crippen molar-refractivity contribution in [3.63, 3.8) is 0 Å². The summed E-state index contributed by atoms with van der Waals surface area (Å²) in [4.78, 5) is 8.78. The molecule has 4 aromatic carbocycles. The normalized spacial score (nSPS) is 11.0. The summed E-state index contributed by atoms with van der Waals surface area (Å²) >= 11 is 10.9. The third-order valence-corrected chi connectivity index (χ3v) is 9.16. The van der Waals surface area contributed by atoms with Gasteiger partial charge in [-0.05, 0) is 121 Å². The highest BCUT2D eigenvalue weighted by Gasteiger charge is 2.21. The molecule has 0 atom stereocenters. The number of hydrogen-bond donors (Lipinski definition) is 6. The van der Waals surface area contributed by atoms with E-state index in [0.717, 1.165) is 45.1 Å². The molecular formula is C46H52N8O2S2. The summed E-state index contributed by atoms with van der Waals surface area (Å²) in [5, 5.41) is 13.4. The van der Waals surface area contributed by atoms with Crippen LogP contribution in [-0.2, 0) is 10.8 Å². The second-order valence-corrected chi connectivity index (χ2v) is 16.6. The van der Waals surface area contributed by atoms with E-state index in [4.69, 9.17) is 45.4 Å². The van der Waals surface area contributed by atoms with Gasteiger partial charge in [-0.1, -0.05) is 90.1 Å². The lowest BCUT2D eigenvalue weighted by Gasteiger charge is -2.23. The molecule has 6 rings (SSSR count). The van der Waals surface area contributed by atoms with Gasteiger partial charge in [0.15, 0.2) is 10.2 Å². The van der Waals surface area contributed by atoms with E-state index in [0.29, 0.717) is 44.7 Å². The number of anilines is 6. The SMILES string of the molecule is Cc1ccc(N)c(NC(=S)Nc2cccnc2Oc2ccccc2C(C)(C)C)c1.Cc1ccc(NC(=S)Nc2cccnc2Oc2ccccc2C(C)(C)C)c(N)c1. The molecule has 0 aliphatic carbocycles. The number of rotatable bonds is 8. The van der Waals surface area contributed by atoms with E-state index < -0.39 is 0 Å². The van der Waals surface area contributed by atoms with E-state index in [9.17, 15) is 0 Å². The first kappa shape index (κ1) is 42.9. The fraction of sp³-hybridized carbons (Fsp3) is 0.217. The van der Waals surface area contributed by atoms with Gasteiger partial charge < -0.3 is 42.2 Å². The summed E-state index contributed by atoms with van der Waals surface area (Å²) in [6.07, 6.45) is 3.38. The lowest BCUT2D eigenvalue weighted by Crippen LogP contribution is -2.20. The van der Waals surface area contributed by atoms with Gasteiger partial charge in [0.25, 0.3) is 0 Å². The van der Waals surface area contributed by atoms with Crippen molar-refractivity contribution in [3.8, 4) is 23.3 Å². The average molecular weight is 813 g/mol. The number of nitrogens with zero attached hydrogens (tertiary/aromatic N) is 2. The molecule has 0 fully saturated rings. The summed E-state index contributed by atoms with van der Waals surface area (Å²) in [7, 11) is 0. The lowest BCUT2D eigenvalue weighted by molar-refractivity contribution is 0.441. The van der Waals surface area contributed by atoms with E-state index >= 15 is 0 Å². The zero-order chi connectivity index (χ0) is 42.0. The summed E-state index contributed by atoms with van der Waals surface area (Å²) in [6, 6.07) is 34.9. The molecule has 0 bridgehead atoms. The molecule has 6 aromatic rings. The standard InChI is InChI=1S/2C23H26N4OS/c1-15-11-12-18(17(24)14-15)26-22(29)27-19-9-7-13-25-21(19)28-20-10-6-5-8-16(20)23(2,3)4;1-15-11-12-17(24)19(14-15)27-22(29)26-18-9-7-13-25-21(18)28-20-10-6-5-8-16(20)23(2,3)4/h2*5-14H,24H2,1-4H3,(H2,26,27,29). The van der Waals surface area contributed by atoms with E-state index in [1.807, 2.05) is 111 Å². The second-order valence-electron chi connectivity index (χ2n) is 15.7. The summed E-state index contributed by atoms with van der Waals surface area (Å²) in [5.74, 6) is 2.43. The molecule has 12 heteroatoms. The van der Waals surface area contributed by atoms with Crippen molar-refractivity contribution in [3.05, 3.63) is 144 Å². The number of nitrogens with one attached hydrogen (secondary N) is 4. The number of thiocarbonyl (C=S) groups is 2. The maximum Gasteiger partial charge on any atom is 0.243 e. The highest BCUT2D eigenvalue weighted by atomic mass is 32.1. The van der Waals surface area contributed by atoms with Gasteiger partial charge in [0.05, 0.1) is 22.7 Å². The van der Waals surface area contributed by atoms with E-state index in [-0.39, 0.29) is 10.8 Å². The Morgan fingerprint density at radius 3 is 1.41 bits per heavy atom. The quantitative estimate of drug-likeness (QED) is 0.0643. The number of nitrogens with two attached hydrogens (primary N) is 2. The number of nitrogen functional groups attached to an aromatic ring is 2. The van der Waals surface area contributed by atoms with Crippen molar-refractivity contribution < 1.29 is 9.47 Å². The molecule has 0 aliphatic heterocycles. The van der Waals surface area contributed by atoms with Crippen LogP contribution in [0.25, 0.3) is 0 Å². The van der Waals surface area contributed by atoms with Crippen molar-refractivity contribution in [2.75, 3.05) is 32.7 Å². The fourth-order valence-electron chi connectivity index (χ4n) is 5.82. The fourth-order valence-corrected chi connectivity index (χ4v) is 6.26. The highest BCUT2D eigenvalue weighted by Crippen LogP contribution is 2.37. The highest BCUT2D eigenvalue weighted by molar-refractivity contribution is 7.81. The average Bonchev–Trinajstić information content (AvgIpc) is 3.16. The summed E-state index contributed by atoms with van der Waals surface area (Å²) in [6.45, 7) is 16.9. The lowest BCUT2D eigenvalue weighted by atomic mass is 9.86. The summed E-state index contributed by atoms with van der Waals surface area (Å²) < 4.78 is 12.3. The van der Waals surface area contributed by atoms with Crippen molar-refractivity contribution >= 4 is 68.8 Å². The topological polar surface area (TPSA) is 144 Å². The number of pyridine rings is 2. The number of aryl methyl sites for hydroxylation is 2. The molecule has 58 heavy (non-hydrogen) atoms. The van der Waals surface area contributed by atoms with Crippen LogP contribution in [0.3, 0.4) is 0 Å². The maximum absolute atomic E-state index is 6.18. The molecule has 10 nitrogen and oxygen atoms in total. The Hall–Kier alpha value is -6.24. The Morgan fingerprint density at radius 2 is 0.931 bits per heavy atom. The van der Waals surface area contributed by atoms with Crippen LogP contribution in [0.1, 0.15) is 63.8 Å². The summed E-state index contributed by atoms with van der Waals surface area (Å²) in [5.41, 5.74) is 20.5. The first-order chi connectivity index (χ1) is 27.5. The molecule has 0 unspecified atom stereocenters. The minimum Gasteiger partial charge on any atom is -0.437 e. The number of para-hydroxylation sites is 2. The maximum atomic E-state index is 6.18. The van der Waals surface area contributed by atoms with Crippen LogP contribution in [-0.4, -0.2) is 20.2 Å². The molecule has 0 amide bonds. The Balaban J connectivity index is 0.000000221. The molecule has 0 spiro atoms. The first-order valence-electron chi connectivity index (χ1n) is 18.8. The van der Waals surface area contributed by atoms with E-state index in [1.54, 1.807) is 12.4 Å². The van der Waals surface area contributed by atoms with Crippen molar-refractivity contribution in [1.82, 2.24) is 9.97 Å². The van der Waals surface area contributed by atoms with Crippen LogP contribution in [0.4, 0.5) is 34.1 Å². The van der Waals surface area contributed by atoms with E-state index in [2.05, 4.69) is 84.9 Å². The zero-order valence-corrected chi connectivity index (χ0v) is 35.9. The predicted octanol–water partition coefficient (Wildman–Crippen LogP) is 11.7. The molecular weight excluding hydrogens is 761 g/mol. The molecule has 0 saturated carbocycles. The molecule has 0 aliphatic rings. The number of benzene rings is 4. The first-order valence-corrected chi connectivity index (χ1v) is 19.6. The number of aromatic nitrogens is 2. The largest absolute Gasteiger partial charge is 0.437 e. The smallest absolute Gasteiger partial charge is 0.243 e. The van der Waals surface area contributed by atoms with Crippen LogP contribution < -0.4 is 42.2 Å². The molecule has 2 heterocycles. The minimum absolute atomic E-state index is 0.0568. The van der Waals surface area contributed by atoms with Gasteiger partial charge in [0, 0.05) is 23.5 Å². The Labute approximate surface area is 352 Å². The molecule has 8 N–H and O–H groups in total. The van der Waals surface area contributed by atoms with E-state index in [1.165, 1.54) is 0 Å². The van der Waals surface area contributed by atoms with Gasteiger partial charge >= 0.3 is 0 Å². The molecule has 2 aromatic heterocycles. The van der Waals surface area contributed by atoms with Gasteiger partial charge in [0.2, 0.25) is 11.8 Å². The van der Waals surface area contributed by atoms with Gasteiger partial charge in [-0.25, -0.2) is 9.97 Å². The molecule has 300 valence electrons. The van der Waals surface area contributed by atoms with Crippen molar-refractivity contribution in [1.29, 1.82) is 0 Å².